The van der Waals surface area contributed by atoms with Crippen LogP contribution in [0.1, 0.15) is 50.7 Å². The van der Waals surface area contributed by atoms with Crippen LogP contribution in [-0.2, 0) is 22.4 Å². The summed E-state index contributed by atoms with van der Waals surface area (Å²) < 4.78 is 10.8. The van der Waals surface area contributed by atoms with Gasteiger partial charge in [0.25, 0.3) is 0 Å². The van der Waals surface area contributed by atoms with E-state index in [0.29, 0.717) is 11.5 Å². The maximum Gasteiger partial charge on any atom is 0.311 e. The number of rotatable bonds is 9. The van der Waals surface area contributed by atoms with E-state index in [1.54, 1.807) is 12.1 Å². The molecule has 2 aromatic carbocycles. The number of benzene rings is 2. The molecule has 0 bridgehead atoms. The lowest BCUT2D eigenvalue weighted by Gasteiger charge is -2.10. The van der Waals surface area contributed by atoms with Crippen LogP contribution >= 0.6 is 0 Å². The number of aryl methyl sites for hydroxylation is 2. The highest BCUT2D eigenvalue weighted by atomic mass is 16.5. The zero-order chi connectivity index (χ0) is 18.8. The molecule has 0 unspecified atom stereocenters. The average Bonchev–Trinajstić information content (AvgIpc) is 2.64. The SMILES string of the molecule is CCCc1ccccc1OC(=O)CCC(=O)Oc1ccccc1CCC. The second-order valence-electron chi connectivity index (χ2n) is 6.16. The van der Waals surface area contributed by atoms with Gasteiger partial charge in [-0.05, 0) is 36.1 Å². The van der Waals surface area contributed by atoms with Crippen LogP contribution in [-0.4, -0.2) is 11.9 Å². The number of hydrogen-bond donors (Lipinski definition) is 0. The Hall–Kier alpha value is -2.62. The molecule has 138 valence electrons. The third-order valence-electron chi connectivity index (χ3n) is 3.96. The summed E-state index contributed by atoms with van der Waals surface area (Å²) in [6, 6.07) is 15.0. The first kappa shape index (κ1) is 19.7. The van der Waals surface area contributed by atoms with Crippen LogP contribution in [0.5, 0.6) is 11.5 Å². The minimum atomic E-state index is -0.424. The summed E-state index contributed by atoms with van der Waals surface area (Å²) in [6.45, 7) is 4.15. The van der Waals surface area contributed by atoms with E-state index in [1.807, 2.05) is 36.4 Å². The molecule has 0 fully saturated rings. The van der Waals surface area contributed by atoms with Gasteiger partial charge in [0.05, 0.1) is 12.8 Å². The fourth-order valence-electron chi connectivity index (χ4n) is 2.71. The lowest BCUT2D eigenvalue weighted by atomic mass is 10.1. The van der Waals surface area contributed by atoms with Crippen molar-refractivity contribution in [3.8, 4) is 11.5 Å². The van der Waals surface area contributed by atoms with Gasteiger partial charge in [0, 0.05) is 0 Å². The molecule has 0 spiro atoms. The van der Waals surface area contributed by atoms with Crippen molar-refractivity contribution in [3.63, 3.8) is 0 Å². The molecule has 0 radical (unpaired) electrons. The second-order valence-corrected chi connectivity index (χ2v) is 6.16. The quantitative estimate of drug-likeness (QED) is 0.475. The zero-order valence-corrected chi connectivity index (χ0v) is 15.5. The van der Waals surface area contributed by atoms with Crippen LogP contribution in [0.2, 0.25) is 0 Å². The van der Waals surface area contributed by atoms with Crippen molar-refractivity contribution >= 4 is 11.9 Å². The molecule has 4 heteroatoms. The van der Waals surface area contributed by atoms with Crippen LogP contribution in [0.4, 0.5) is 0 Å². The largest absolute Gasteiger partial charge is 0.426 e. The molecule has 26 heavy (non-hydrogen) atoms. The van der Waals surface area contributed by atoms with Crippen molar-refractivity contribution in [2.75, 3.05) is 0 Å². The van der Waals surface area contributed by atoms with Crippen LogP contribution in [0.15, 0.2) is 48.5 Å². The summed E-state index contributed by atoms with van der Waals surface area (Å²) in [7, 11) is 0. The van der Waals surface area contributed by atoms with E-state index in [0.717, 1.165) is 36.8 Å². The van der Waals surface area contributed by atoms with Gasteiger partial charge >= 0.3 is 11.9 Å². The number of hydrogen-bond acceptors (Lipinski definition) is 4. The average molecular weight is 354 g/mol. The predicted octanol–water partition coefficient (Wildman–Crippen LogP) is 4.88. The van der Waals surface area contributed by atoms with Gasteiger partial charge in [-0.2, -0.15) is 0 Å². The Labute approximate surface area is 155 Å². The van der Waals surface area contributed by atoms with E-state index >= 15 is 0 Å². The molecule has 0 heterocycles. The number of ether oxygens (including phenoxy) is 2. The minimum absolute atomic E-state index is 0.00472. The maximum atomic E-state index is 12.1. The van der Waals surface area contributed by atoms with Crippen molar-refractivity contribution < 1.29 is 19.1 Å². The third kappa shape index (κ3) is 6.03. The first-order valence-electron chi connectivity index (χ1n) is 9.21. The van der Waals surface area contributed by atoms with E-state index in [2.05, 4.69) is 13.8 Å². The minimum Gasteiger partial charge on any atom is -0.426 e. The Morgan fingerprint density at radius 1 is 0.692 bits per heavy atom. The van der Waals surface area contributed by atoms with Crippen molar-refractivity contribution in [3.05, 3.63) is 59.7 Å². The highest BCUT2D eigenvalue weighted by molar-refractivity contribution is 5.80. The Bertz CT molecular complexity index is 673. The molecule has 0 saturated heterocycles. The molecular formula is C22H26O4. The molecule has 0 N–H and O–H groups in total. The molecule has 2 aromatic rings. The molecule has 0 aliphatic heterocycles. The van der Waals surface area contributed by atoms with Crippen molar-refractivity contribution in [1.29, 1.82) is 0 Å². The van der Waals surface area contributed by atoms with E-state index in [4.69, 9.17) is 9.47 Å². The highest BCUT2D eigenvalue weighted by Crippen LogP contribution is 2.22. The fraction of sp³-hybridized carbons (Fsp3) is 0.364. The van der Waals surface area contributed by atoms with Crippen LogP contribution < -0.4 is 9.47 Å². The summed E-state index contributed by atoms with van der Waals surface area (Å²) in [5, 5.41) is 0. The van der Waals surface area contributed by atoms with Crippen molar-refractivity contribution in [2.24, 2.45) is 0 Å². The van der Waals surface area contributed by atoms with E-state index in [1.165, 1.54) is 0 Å². The Morgan fingerprint density at radius 3 is 1.46 bits per heavy atom. The van der Waals surface area contributed by atoms with Gasteiger partial charge in [-0.25, -0.2) is 0 Å². The van der Waals surface area contributed by atoms with Crippen molar-refractivity contribution in [1.82, 2.24) is 0 Å². The van der Waals surface area contributed by atoms with E-state index in [9.17, 15) is 9.59 Å². The number of para-hydroxylation sites is 2. The molecule has 0 amide bonds. The standard InChI is InChI=1S/C22H26O4/c1-3-9-17-11-5-7-13-19(17)25-21(23)15-16-22(24)26-20-14-8-6-12-18(20)10-4-2/h5-8,11-14H,3-4,9-10,15-16H2,1-2H3. The molecule has 0 aliphatic carbocycles. The zero-order valence-electron chi connectivity index (χ0n) is 15.5. The van der Waals surface area contributed by atoms with Gasteiger partial charge in [-0.15, -0.1) is 0 Å². The normalized spacial score (nSPS) is 10.4. The molecule has 0 atom stereocenters. The van der Waals surface area contributed by atoms with Gasteiger partial charge in [0.15, 0.2) is 0 Å². The van der Waals surface area contributed by atoms with Gasteiger partial charge in [0.2, 0.25) is 0 Å². The van der Waals surface area contributed by atoms with Gasteiger partial charge < -0.3 is 9.47 Å². The van der Waals surface area contributed by atoms with Crippen LogP contribution in [0, 0.1) is 0 Å². The Balaban J connectivity index is 1.87. The van der Waals surface area contributed by atoms with Gasteiger partial charge in [0.1, 0.15) is 11.5 Å². The second kappa shape index (κ2) is 10.4. The summed E-state index contributed by atoms with van der Waals surface area (Å²) >= 11 is 0. The molecule has 0 aliphatic rings. The monoisotopic (exact) mass is 354 g/mol. The topological polar surface area (TPSA) is 52.6 Å². The van der Waals surface area contributed by atoms with E-state index < -0.39 is 11.9 Å². The summed E-state index contributed by atoms with van der Waals surface area (Å²) in [5.41, 5.74) is 2.00. The van der Waals surface area contributed by atoms with E-state index in [-0.39, 0.29) is 12.8 Å². The van der Waals surface area contributed by atoms with Gasteiger partial charge in [-0.1, -0.05) is 63.1 Å². The van der Waals surface area contributed by atoms with Crippen LogP contribution in [0.3, 0.4) is 0 Å². The molecule has 2 rings (SSSR count). The number of esters is 2. The number of carbonyl (C=O) groups is 2. The maximum absolute atomic E-state index is 12.1. The lowest BCUT2D eigenvalue weighted by Crippen LogP contribution is -2.15. The molecular weight excluding hydrogens is 328 g/mol. The first-order valence-corrected chi connectivity index (χ1v) is 9.21. The predicted molar refractivity (Wildman–Crippen MR) is 101 cm³/mol. The molecule has 0 saturated carbocycles. The van der Waals surface area contributed by atoms with Crippen molar-refractivity contribution in [2.45, 2.75) is 52.4 Å². The number of carbonyl (C=O) groups excluding carboxylic acids is 2. The molecule has 0 aromatic heterocycles. The summed E-state index contributed by atoms with van der Waals surface area (Å²) in [5.74, 6) is 0.293. The lowest BCUT2D eigenvalue weighted by molar-refractivity contribution is -0.140. The fourth-order valence-corrected chi connectivity index (χ4v) is 2.71. The Kier molecular flexibility index (Phi) is 7.87. The molecule has 4 nitrogen and oxygen atoms in total. The first-order chi connectivity index (χ1) is 12.6. The third-order valence-corrected chi connectivity index (χ3v) is 3.96. The highest BCUT2D eigenvalue weighted by Gasteiger charge is 2.14. The summed E-state index contributed by atoms with van der Waals surface area (Å²) in [4.78, 5) is 24.1. The Morgan fingerprint density at radius 2 is 1.08 bits per heavy atom. The van der Waals surface area contributed by atoms with Gasteiger partial charge in [-0.3, -0.25) is 9.59 Å². The smallest absolute Gasteiger partial charge is 0.311 e. The van der Waals surface area contributed by atoms with Crippen LogP contribution in [0.25, 0.3) is 0 Å². The summed E-state index contributed by atoms with van der Waals surface area (Å²) in [6.07, 6.45) is 3.63.